The summed E-state index contributed by atoms with van der Waals surface area (Å²) in [6, 6.07) is 5.96. The van der Waals surface area contributed by atoms with E-state index in [2.05, 4.69) is 4.98 Å². The van der Waals surface area contributed by atoms with Crippen LogP contribution in [0.4, 0.5) is 17.6 Å². The molecule has 1 aromatic heterocycles. The normalized spacial score (nSPS) is 11.6. The molecule has 3 nitrogen and oxygen atoms in total. The number of hydrogen-bond acceptors (Lipinski definition) is 2. The molecule has 0 fully saturated rings. The number of aromatic nitrogens is 2. The molecule has 2 aromatic rings. The number of nitrogens with one attached hydrogen (secondary N) is 1. The first-order valence-corrected chi connectivity index (χ1v) is 4.81. The third-order valence-electron chi connectivity index (χ3n) is 2.16. The van der Waals surface area contributed by atoms with Crippen LogP contribution in [0.5, 0.6) is 0 Å². The molecule has 0 saturated carbocycles. The Balaban J connectivity index is 2.63. The molecule has 0 radical (unpaired) electrons. The zero-order valence-corrected chi connectivity index (χ0v) is 8.75. The first kappa shape index (κ1) is 12.3. The average Bonchev–Trinajstić information content (AvgIpc) is 2.27. The number of hydrogen-bond donors (Lipinski definition) is 1. The Hall–Kier alpha value is -2.18. The second-order valence-corrected chi connectivity index (χ2v) is 3.46. The second-order valence-electron chi connectivity index (χ2n) is 3.46. The van der Waals surface area contributed by atoms with Crippen LogP contribution in [0.25, 0.3) is 11.3 Å². The lowest BCUT2D eigenvalue weighted by molar-refractivity contribution is -0.145. The minimum atomic E-state index is -4.79. The van der Waals surface area contributed by atoms with Gasteiger partial charge in [-0.25, -0.2) is 9.37 Å². The van der Waals surface area contributed by atoms with Gasteiger partial charge in [-0.1, -0.05) is 12.1 Å². The van der Waals surface area contributed by atoms with E-state index in [1.807, 2.05) is 0 Å². The minimum Gasteiger partial charge on any atom is -0.303 e. The molecule has 1 heterocycles. The maximum atomic E-state index is 13.4. The van der Waals surface area contributed by atoms with Crippen LogP contribution in [0, 0.1) is 5.82 Å². The molecule has 1 aromatic carbocycles. The van der Waals surface area contributed by atoms with Crippen LogP contribution in [0.3, 0.4) is 0 Å². The number of alkyl halides is 3. The standard InChI is InChI=1S/C11H6F4N2O/c12-7-4-2-1-3-6(7)8-5-9(18)17-10(16-8)11(13,14)15/h1-5H,(H,16,17,18). The largest absolute Gasteiger partial charge is 0.449 e. The molecule has 0 unspecified atom stereocenters. The number of rotatable bonds is 1. The first-order valence-electron chi connectivity index (χ1n) is 4.81. The summed E-state index contributed by atoms with van der Waals surface area (Å²) in [5.41, 5.74) is -1.51. The highest BCUT2D eigenvalue weighted by molar-refractivity contribution is 5.59. The number of aromatic amines is 1. The Morgan fingerprint density at radius 1 is 1.17 bits per heavy atom. The molecule has 2 rings (SSSR count). The number of nitrogens with zero attached hydrogens (tertiary/aromatic N) is 1. The van der Waals surface area contributed by atoms with E-state index in [9.17, 15) is 22.4 Å². The number of benzene rings is 1. The Kier molecular flexibility index (Phi) is 2.90. The smallest absolute Gasteiger partial charge is 0.303 e. The van der Waals surface area contributed by atoms with Gasteiger partial charge in [0.1, 0.15) is 5.82 Å². The van der Waals surface area contributed by atoms with E-state index in [1.165, 1.54) is 18.2 Å². The van der Waals surface area contributed by atoms with Crippen LogP contribution in [0.1, 0.15) is 5.82 Å². The molecule has 0 amide bonds. The minimum absolute atomic E-state index is 0.158. The molecular formula is C11H6F4N2O. The fourth-order valence-corrected chi connectivity index (χ4v) is 1.40. The number of H-pyrrole nitrogens is 1. The van der Waals surface area contributed by atoms with Crippen molar-refractivity contribution in [3.63, 3.8) is 0 Å². The molecule has 0 spiro atoms. The lowest BCUT2D eigenvalue weighted by Gasteiger charge is -2.07. The Morgan fingerprint density at radius 2 is 1.83 bits per heavy atom. The van der Waals surface area contributed by atoms with Crippen LogP contribution >= 0.6 is 0 Å². The van der Waals surface area contributed by atoms with E-state index < -0.39 is 23.4 Å². The van der Waals surface area contributed by atoms with Crippen molar-refractivity contribution < 1.29 is 17.6 Å². The van der Waals surface area contributed by atoms with Gasteiger partial charge in [-0.2, -0.15) is 13.2 Å². The SMILES string of the molecule is O=c1cc(-c2ccccc2F)nc(C(F)(F)F)[nH]1. The molecule has 7 heteroatoms. The molecule has 18 heavy (non-hydrogen) atoms. The van der Waals surface area contributed by atoms with Gasteiger partial charge in [-0.05, 0) is 12.1 Å². The zero-order valence-electron chi connectivity index (χ0n) is 8.75. The molecular weight excluding hydrogens is 252 g/mol. The highest BCUT2D eigenvalue weighted by atomic mass is 19.4. The Morgan fingerprint density at radius 3 is 2.44 bits per heavy atom. The summed E-state index contributed by atoms with van der Waals surface area (Å²) in [5, 5.41) is 0. The summed E-state index contributed by atoms with van der Waals surface area (Å²) in [6.45, 7) is 0. The molecule has 0 bridgehead atoms. The van der Waals surface area contributed by atoms with Crippen LogP contribution in [-0.2, 0) is 6.18 Å². The third kappa shape index (κ3) is 2.39. The van der Waals surface area contributed by atoms with Gasteiger partial charge in [0.25, 0.3) is 5.56 Å². The molecule has 0 aliphatic rings. The highest BCUT2D eigenvalue weighted by Crippen LogP contribution is 2.27. The van der Waals surface area contributed by atoms with Crippen LogP contribution in [-0.4, -0.2) is 9.97 Å². The van der Waals surface area contributed by atoms with Gasteiger partial charge in [-0.15, -0.1) is 0 Å². The number of halogens is 4. The van der Waals surface area contributed by atoms with Crippen molar-refractivity contribution in [3.8, 4) is 11.3 Å². The van der Waals surface area contributed by atoms with Crippen molar-refractivity contribution in [2.24, 2.45) is 0 Å². The van der Waals surface area contributed by atoms with Gasteiger partial charge in [0.15, 0.2) is 0 Å². The average molecular weight is 258 g/mol. The van der Waals surface area contributed by atoms with E-state index in [1.54, 1.807) is 4.98 Å². The van der Waals surface area contributed by atoms with Crippen molar-refractivity contribution >= 4 is 0 Å². The van der Waals surface area contributed by atoms with E-state index in [-0.39, 0.29) is 11.3 Å². The van der Waals surface area contributed by atoms with Crippen molar-refractivity contribution in [2.45, 2.75) is 6.18 Å². The summed E-state index contributed by atoms with van der Waals surface area (Å²) in [4.78, 5) is 15.9. The lowest BCUT2D eigenvalue weighted by Crippen LogP contribution is -2.19. The van der Waals surface area contributed by atoms with Gasteiger partial charge < -0.3 is 4.98 Å². The summed E-state index contributed by atoms with van der Waals surface area (Å²) in [7, 11) is 0. The highest BCUT2D eigenvalue weighted by Gasteiger charge is 2.34. The monoisotopic (exact) mass is 258 g/mol. The molecule has 0 aliphatic carbocycles. The van der Waals surface area contributed by atoms with Gasteiger partial charge in [-0.3, -0.25) is 4.79 Å². The van der Waals surface area contributed by atoms with Crippen LogP contribution in [0.2, 0.25) is 0 Å². The maximum Gasteiger partial charge on any atom is 0.449 e. The van der Waals surface area contributed by atoms with Crippen molar-refractivity contribution in [1.82, 2.24) is 9.97 Å². The third-order valence-corrected chi connectivity index (χ3v) is 2.16. The maximum absolute atomic E-state index is 13.4. The van der Waals surface area contributed by atoms with E-state index in [4.69, 9.17) is 0 Å². The predicted molar refractivity (Wildman–Crippen MR) is 55.3 cm³/mol. The molecule has 0 aliphatic heterocycles. The van der Waals surface area contributed by atoms with Crippen LogP contribution in [0.15, 0.2) is 35.1 Å². The van der Waals surface area contributed by atoms with E-state index in [0.717, 1.165) is 12.1 Å². The summed E-state index contributed by atoms with van der Waals surface area (Å²) >= 11 is 0. The van der Waals surface area contributed by atoms with Crippen molar-refractivity contribution in [3.05, 3.63) is 52.3 Å². The van der Waals surface area contributed by atoms with Crippen molar-refractivity contribution in [1.29, 1.82) is 0 Å². The van der Waals surface area contributed by atoms with Crippen LogP contribution < -0.4 is 5.56 Å². The fraction of sp³-hybridized carbons (Fsp3) is 0.0909. The van der Waals surface area contributed by atoms with Gasteiger partial charge in [0, 0.05) is 11.6 Å². The molecule has 0 atom stereocenters. The molecule has 0 saturated heterocycles. The molecule has 1 N–H and O–H groups in total. The van der Waals surface area contributed by atoms with Gasteiger partial charge in [0.05, 0.1) is 5.69 Å². The van der Waals surface area contributed by atoms with Crippen molar-refractivity contribution in [2.75, 3.05) is 0 Å². The summed E-state index contributed by atoms with van der Waals surface area (Å²) in [5.74, 6) is -2.20. The van der Waals surface area contributed by atoms with E-state index >= 15 is 0 Å². The predicted octanol–water partition coefficient (Wildman–Crippen LogP) is 2.59. The van der Waals surface area contributed by atoms with E-state index in [0.29, 0.717) is 0 Å². The quantitative estimate of drug-likeness (QED) is 0.799. The topological polar surface area (TPSA) is 45.8 Å². The zero-order chi connectivity index (χ0) is 13.3. The Bertz CT molecular complexity index is 633. The second kappa shape index (κ2) is 4.25. The van der Waals surface area contributed by atoms with Gasteiger partial charge in [0.2, 0.25) is 5.82 Å². The fourth-order valence-electron chi connectivity index (χ4n) is 1.40. The lowest BCUT2D eigenvalue weighted by atomic mass is 10.1. The Labute approximate surface area is 98.1 Å². The van der Waals surface area contributed by atoms with Gasteiger partial charge >= 0.3 is 6.18 Å². The molecule has 94 valence electrons. The summed E-state index contributed by atoms with van der Waals surface area (Å²) in [6.07, 6.45) is -4.79. The summed E-state index contributed by atoms with van der Waals surface area (Å²) < 4.78 is 50.7. The first-order chi connectivity index (χ1) is 8.38.